The molecular formula is C28H25N5O2. The van der Waals surface area contributed by atoms with E-state index in [1.807, 2.05) is 48.7 Å². The zero-order chi connectivity index (χ0) is 23.9. The first-order valence-electron chi connectivity index (χ1n) is 11.5. The Morgan fingerprint density at radius 3 is 2.43 bits per heavy atom. The average Bonchev–Trinajstić information content (AvgIpc) is 2.90. The summed E-state index contributed by atoms with van der Waals surface area (Å²) in [5, 5.41) is 3.85. The minimum Gasteiger partial charge on any atom is -0.486 e. The van der Waals surface area contributed by atoms with Crippen LogP contribution in [0.15, 0.2) is 96.2 Å². The lowest BCUT2D eigenvalue weighted by Gasteiger charge is -2.10. The van der Waals surface area contributed by atoms with E-state index < -0.39 is 0 Å². The van der Waals surface area contributed by atoms with Gasteiger partial charge in [-0.3, -0.25) is 14.8 Å². The number of fused-ring (bicyclic) bond motifs is 1. The second kappa shape index (κ2) is 10.7. The molecule has 0 fully saturated rings. The van der Waals surface area contributed by atoms with Gasteiger partial charge in [-0.05, 0) is 47.4 Å². The first-order valence-corrected chi connectivity index (χ1v) is 11.5. The van der Waals surface area contributed by atoms with Crippen molar-refractivity contribution in [2.45, 2.75) is 26.1 Å². The Kier molecular flexibility index (Phi) is 6.87. The van der Waals surface area contributed by atoms with Crippen LogP contribution in [0.5, 0.6) is 5.75 Å². The van der Waals surface area contributed by atoms with E-state index in [1.165, 1.54) is 11.1 Å². The van der Waals surface area contributed by atoms with Gasteiger partial charge in [0.25, 0.3) is 5.56 Å². The maximum absolute atomic E-state index is 12.7. The van der Waals surface area contributed by atoms with Gasteiger partial charge in [0.2, 0.25) is 0 Å². The average molecular weight is 464 g/mol. The number of nitrogens with one attached hydrogen (secondary N) is 2. The van der Waals surface area contributed by atoms with Gasteiger partial charge in [-0.2, -0.15) is 0 Å². The van der Waals surface area contributed by atoms with Gasteiger partial charge in [0.15, 0.2) is 0 Å². The summed E-state index contributed by atoms with van der Waals surface area (Å²) < 4.78 is 5.90. The van der Waals surface area contributed by atoms with Crippen molar-refractivity contribution >= 4 is 10.9 Å². The highest BCUT2D eigenvalue weighted by molar-refractivity contribution is 5.79. The molecular weight excluding hydrogens is 438 g/mol. The topological polar surface area (TPSA) is 92.8 Å². The number of pyridine rings is 2. The molecule has 2 N–H and O–H groups in total. The minimum atomic E-state index is -0.206. The van der Waals surface area contributed by atoms with E-state index in [9.17, 15) is 4.79 Å². The van der Waals surface area contributed by atoms with Gasteiger partial charge in [-0.1, -0.05) is 48.5 Å². The van der Waals surface area contributed by atoms with Gasteiger partial charge >= 0.3 is 0 Å². The molecule has 0 amide bonds. The van der Waals surface area contributed by atoms with Crippen molar-refractivity contribution in [2.24, 2.45) is 0 Å². The van der Waals surface area contributed by atoms with Crippen LogP contribution in [0.4, 0.5) is 0 Å². The molecule has 5 aromatic rings. The van der Waals surface area contributed by atoms with Gasteiger partial charge in [-0.25, -0.2) is 4.98 Å². The normalized spacial score (nSPS) is 11.0. The lowest BCUT2D eigenvalue weighted by molar-refractivity contribution is 0.296. The zero-order valence-electron chi connectivity index (χ0n) is 19.1. The molecule has 0 aliphatic heterocycles. The van der Waals surface area contributed by atoms with Crippen LogP contribution < -0.4 is 15.6 Å². The molecule has 7 heteroatoms. The first-order chi connectivity index (χ1) is 17.2. The van der Waals surface area contributed by atoms with Crippen LogP contribution in [0.2, 0.25) is 0 Å². The maximum Gasteiger partial charge on any atom is 0.258 e. The lowest BCUT2D eigenvalue weighted by Crippen LogP contribution is -2.18. The third kappa shape index (κ3) is 5.77. The molecule has 2 aromatic carbocycles. The van der Waals surface area contributed by atoms with Crippen molar-refractivity contribution in [3.8, 4) is 5.75 Å². The summed E-state index contributed by atoms with van der Waals surface area (Å²) in [4.78, 5) is 28.7. The quantitative estimate of drug-likeness (QED) is 0.341. The zero-order valence-corrected chi connectivity index (χ0v) is 19.1. The van der Waals surface area contributed by atoms with E-state index in [1.54, 1.807) is 18.5 Å². The fourth-order valence-corrected chi connectivity index (χ4v) is 3.88. The van der Waals surface area contributed by atoms with Crippen LogP contribution in [0.25, 0.3) is 10.9 Å². The van der Waals surface area contributed by atoms with Crippen molar-refractivity contribution in [1.29, 1.82) is 0 Å². The van der Waals surface area contributed by atoms with E-state index in [-0.39, 0.29) is 12.2 Å². The summed E-state index contributed by atoms with van der Waals surface area (Å²) in [7, 11) is 0. The van der Waals surface area contributed by atoms with Crippen LogP contribution >= 0.6 is 0 Å². The van der Waals surface area contributed by atoms with Gasteiger partial charge in [0, 0.05) is 31.7 Å². The van der Waals surface area contributed by atoms with Crippen LogP contribution in [-0.4, -0.2) is 19.9 Å². The minimum absolute atomic E-state index is 0.153. The van der Waals surface area contributed by atoms with Gasteiger partial charge in [0.05, 0.1) is 11.1 Å². The summed E-state index contributed by atoms with van der Waals surface area (Å²) >= 11 is 0. The summed E-state index contributed by atoms with van der Waals surface area (Å²) in [6.07, 6.45) is 6.06. The Labute approximate surface area is 202 Å². The fraction of sp³-hybridized carbons (Fsp3) is 0.143. The highest BCUT2D eigenvalue weighted by atomic mass is 16.5. The van der Waals surface area contributed by atoms with Crippen LogP contribution in [0, 0.1) is 0 Å². The molecule has 3 heterocycles. The number of hydrogen-bond donors (Lipinski definition) is 2. The van der Waals surface area contributed by atoms with Crippen LogP contribution in [-0.2, 0) is 26.1 Å². The Morgan fingerprint density at radius 2 is 1.63 bits per heavy atom. The summed E-state index contributed by atoms with van der Waals surface area (Å²) in [5.41, 5.74) is 4.62. The largest absolute Gasteiger partial charge is 0.486 e. The molecule has 0 saturated carbocycles. The summed E-state index contributed by atoms with van der Waals surface area (Å²) in [6, 6.07) is 23.9. The van der Waals surface area contributed by atoms with E-state index in [4.69, 9.17) is 4.74 Å². The van der Waals surface area contributed by atoms with Crippen molar-refractivity contribution in [3.05, 3.63) is 130 Å². The Balaban J connectivity index is 1.26. The third-order valence-electron chi connectivity index (χ3n) is 5.64. The monoisotopic (exact) mass is 463 g/mol. The van der Waals surface area contributed by atoms with Crippen molar-refractivity contribution in [1.82, 2.24) is 25.3 Å². The predicted molar refractivity (Wildman–Crippen MR) is 135 cm³/mol. The number of ether oxygens (including phenoxy) is 1. The Bertz CT molecular complexity index is 1450. The SMILES string of the molecule is O=c1[nH]c(COc2ccc(Cc3ccccc3)cc2)nc2c(CNCc3cccnc3)nccc12. The number of nitrogens with zero attached hydrogens (tertiary/aromatic N) is 3. The fourth-order valence-electron chi connectivity index (χ4n) is 3.88. The van der Waals surface area contributed by atoms with E-state index in [0.29, 0.717) is 41.3 Å². The standard InChI is InChI=1S/C28H25N5O2/c34-28-24-12-14-31-25(18-30-17-22-7-4-13-29-16-22)27(24)32-26(33-28)19-35-23-10-8-21(9-11-23)15-20-5-2-1-3-6-20/h1-14,16,30H,15,17-19H2,(H,32,33,34). The maximum atomic E-state index is 12.7. The third-order valence-corrected chi connectivity index (χ3v) is 5.64. The van der Waals surface area contributed by atoms with Gasteiger partial charge in [-0.15, -0.1) is 0 Å². The first kappa shape index (κ1) is 22.4. The number of aromatic nitrogens is 4. The highest BCUT2D eigenvalue weighted by Crippen LogP contribution is 2.17. The van der Waals surface area contributed by atoms with Gasteiger partial charge in [0.1, 0.15) is 23.7 Å². The number of H-pyrrole nitrogens is 1. The van der Waals surface area contributed by atoms with Crippen LogP contribution in [0.1, 0.15) is 28.2 Å². The Morgan fingerprint density at radius 1 is 0.829 bits per heavy atom. The molecule has 0 unspecified atom stereocenters. The predicted octanol–water partition coefficient (Wildman–Crippen LogP) is 4.17. The van der Waals surface area contributed by atoms with E-state index in [2.05, 4.69) is 49.5 Å². The number of hydrogen-bond acceptors (Lipinski definition) is 6. The van der Waals surface area contributed by atoms with Crippen LogP contribution in [0.3, 0.4) is 0 Å². The molecule has 35 heavy (non-hydrogen) atoms. The molecule has 0 saturated heterocycles. The second-order valence-corrected chi connectivity index (χ2v) is 8.23. The summed E-state index contributed by atoms with van der Waals surface area (Å²) in [5.74, 6) is 1.17. The number of benzene rings is 2. The lowest BCUT2D eigenvalue weighted by atomic mass is 10.1. The van der Waals surface area contributed by atoms with Crippen molar-refractivity contribution < 1.29 is 4.74 Å². The highest BCUT2D eigenvalue weighted by Gasteiger charge is 2.10. The van der Waals surface area contributed by atoms with E-state index >= 15 is 0 Å². The van der Waals surface area contributed by atoms with Crippen molar-refractivity contribution in [3.63, 3.8) is 0 Å². The Hall–Kier alpha value is -4.36. The second-order valence-electron chi connectivity index (χ2n) is 8.23. The summed E-state index contributed by atoms with van der Waals surface area (Å²) in [6.45, 7) is 1.28. The number of aromatic amines is 1. The number of rotatable bonds is 9. The molecule has 3 aromatic heterocycles. The molecule has 0 spiro atoms. The van der Waals surface area contributed by atoms with Crippen molar-refractivity contribution in [2.75, 3.05) is 0 Å². The molecule has 0 radical (unpaired) electrons. The molecule has 0 aliphatic carbocycles. The molecule has 0 atom stereocenters. The molecule has 0 bridgehead atoms. The molecule has 5 rings (SSSR count). The molecule has 0 aliphatic rings. The molecule has 174 valence electrons. The van der Waals surface area contributed by atoms with Gasteiger partial charge < -0.3 is 15.0 Å². The van der Waals surface area contributed by atoms with E-state index in [0.717, 1.165) is 12.0 Å². The smallest absolute Gasteiger partial charge is 0.258 e. The molecule has 7 nitrogen and oxygen atoms in total.